The van der Waals surface area contributed by atoms with E-state index in [9.17, 15) is 18.0 Å². The number of nitrogens with two attached hydrogens (primary N) is 1. The lowest BCUT2D eigenvalue weighted by Gasteiger charge is -2.39. The summed E-state index contributed by atoms with van der Waals surface area (Å²) in [6.07, 6.45) is -3.28. The predicted octanol–water partition coefficient (Wildman–Crippen LogP) is 4.14. The van der Waals surface area contributed by atoms with Crippen molar-refractivity contribution in [2.45, 2.75) is 31.2 Å². The molecule has 190 valence electrons. The molecule has 3 heterocycles. The summed E-state index contributed by atoms with van der Waals surface area (Å²) < 4.78 is 38.0. The summed E-state index contributed by atoms with van der Waals surface area (Å²) >= 11 is 1.45. The first-order chi connectivity index (χ1) is 17.1. The van der Waals surface area contributed by atoms with Gasteiger partial charge >= 0.3 is 12.1 Å². The van der Waals surface area contributed by atoms with Gasteiger partial charge in [-0.05, 0) is 46.9 Å². The Labute approximate surface area is 209 Å². The number of thioether (sulfide) groups is 1. The normalized spacial score (nSPS) is 19.9. The van der Waals surface area contributed by atoms with Crippen LogP contribution >= 0.6 is 11.8 Å². The number of carbonyl (C=O) groups excluding carboxylic acids is 1. The standard InChI is InChI=1S/C23H23N3O2S.C2HF3O2/c24-14-18(16-6-2-1-3-7-16)20-21(27)25-22(29-20)26-12-10-23(11-13-26)19-9-5-4-8-17(19)15-28-23;3-2(4,5)1(6)7/h1-9H,10-15,24H2;(H,6,7)/b20-18-;. The van der Waals surface area contributed by atoms with Crippen LogP contribution in [0.15, 0.2) is 64.5 Å². The Hall–Kier alpha value is -3.15. The van der Waals surface area contributed by atoms with Gasteiger partial charge in [0, 0.05) is 19.6 Å². The van der Waals surface area contributed by atoms with Gasteiger partial charge in [0.2, 0.25) is 0 Å². The first-order valence-electron chi connectivity index (χ1n) is 11.2. The number of benzene rings is 2. The Morgan fingerprint density at radius 1 is 1.11 bits per heavy atom. The summed E-state index contributed by atoms with van der Waals surface area (Å²) in [5, 5.41) is 7.91. The molecule has 0 aromatic heterocycles. The fraction of sp³-hybridized carbons (Fsp3) is 0.320. The molecule has 11 heteroatoms. The zero-order valence-electron chi connectivity index (χ0n) is 19.1. The highest BCUT2D eigenvalue weighted by atomic mass is 32.2. The second-order valence-corrected chi connectivity index (χ2v) is 9.39. The van der Waals surface area contributed by atoms with Gasteiger partial charge in [0.1, 0.15) is 0 Å². The van der Waals surface area contributed by atoms with E-state index in [0.717, 1.165) is 42.2 Å². The summed E-state index contributed by atoms with van der Waals surface area (Å²) in [5.74, 6) is -2.94. The van der Waals surface area contributed by atoms with Crippen molar-refractivity contribution in [2.24, 2.45) is 10.7 Å². The number of aliphatic carboxylic acids is 1. The molecule has 2 aromatic carbocycles. The SMILES string of the molecule is NC/C(=C1/SC(N2CCC3(CC2)OCc2ccccc23)=NC1=O)c1ccccc1.O=C(O)C(F)(F)F. The van der Waals surface area contributed by atoms with Crippen molar-refractivity contribution in [3.05, 3.63) is 76.2 Å². The Balaban J connectivity index is 0.000000384. The lowest BCUT2D eigenvalue weighted by molar-refractivity contribution is -0.192. The summed E-state index contributed by atoms with van der Waals surface area (Å²) in [6, 6.07) is 18.4. The fourth-order valence-electron chi connectivity index (χ4n) is 4.46. The number of likely N-dealkylation sites (tertiary alicyclic amines) is 1. The van der Waals surface area contributed by atoms with E-state index in [1.54, 1.807) is 0 Å². The van der Waals surface area contributed by atoms with Gasteiger partial charge in [-0.1, -0.05) is 54.6 Å². The number of halogens is 3. The van der Waals surface area contributed by atoms with Crippen molar-refractivity contribution in [2.75, 3.05) is 19.6 Å². The number of alkyl halides is 3. The molecule has 0 saturated carbocycles. The van der Waals surface area contributed by atoms with E-state index in [-0.39, 0.29) is 11.5 Å². The number of hydrogen-bond acceptors (Lipinski definition) is 6. The molecule has 1 spiro atoms. The van der Waals surface area contributed by atoms with E-state index in [1.807, 2.05) is 30.3 Å². The molecule has 1 saturated heterocycles. The first-order valence-corrected chi connectivity index (χ1v) is 12.0. The Bertz CT molecular complexity index is 1210. The number of amidine groups is 1. The van der Waals surface area contributed by atoms with Gasteiger partial charge in [-0.3, -0.25) is 4.79 Å². The van der Waals surface area contributed by atoms with Crippen LogP contribution < -0.4 is 5.73 Å². The van der Waals surface area contributed by atoms with Crippen LogP contribution in [0.25, 0.3) is 5.57 Å². The van der Waals surface area contributed by atoms with Crippen molar-refractivity contribution in [3.8, 4) is 0 Å². The van der Waals surface area contributed by atoms with E-state index in [4.69, 9.17) is 20.4 Å². The van der Waals surface area contributed by atoms with Gasteiger partial charge in [0.05, 0.1) is 17.1 Å². The Morgan fingerprint density at radius 2 is 1.72 bits per heavy atom. The number of fused-ring (bicyclic) bond motifs is 2. The average molecular weight is 520 g/mol. The second kappa shape index (κ2) is 10.5. The van der Waals surface area contributed by atoms with Crippen LogP contribution in [0.2, 0.25) is 0 Å². The van der Waals surface area contributed by atoms with E-state index >= 15 is 0 Å². The van der Waals surface area contributed by atoms with Gasteiger partial charge in [-0.15, -0.1) is 0 Å². The van der Waals surface area contributed by atoms with Crippen molar-refractivity contribution in [1.82, 2.24) is 4.90 Å². The smallest absolute Gasteiger partial charge is 0.475 e. The topological polar surface area (TPSA) is 105 Å². The van der Waals surface area contributed by atoms with Gasteiger partial charge in [0.25, 0.3) is 5.91 Å². The number of hydrogen-bond donors (Lipinski definition) is 2. The van der Waals surface area contributed by atoms with Crippen molar-refractivity contribution < 1.29 is 32.6 Å². The molecule has 1 fully saturated rings. The number of rotatable bonds is 2. The first kappa shape index (κ1) is 25.9. The number of carboxylic acids is 1. The van der Waals surface area contributed by atoms with Gasteiger partial charge in [-0.25, -0.2) is 4.79 Å². The van der Waals surface area contributed by atoms with Crippen LogP contribution in [0, 0.1) is 0 Å². The zero-order chi connectivity index (χ0) is 25.9. The molecule has 7 nitrogen and oxygen atoms in total. The van der Waals surface area contributed by atoms with Crippen molar-refractivity contribution >= 4 is 34.4 Å². The molecular weight excluding hydrogens is 495 g/mol. The van der Waals surface area contributed by atoms with E-state index in [1.165, 1.54) is 22.9 Å². The third-order valence-corrected chi connectivity index (χ3v) is 7.44. The maximum absolute atomic E-state index is 12.6. The van der Waals surface area contributed by atoms with Crippen LogP contribution in [-0.2, 0) is 26.5 Å². The summed E-state index contributed by atoms with van der Waals surface area (Å²) in [7, 11) is 0. The largest absolute Gasteiger partial charge is 0.490 e. The second-order valence-electron chi connectivity index (χ2n) is 8.41. The number of carbonyl (C=O) groups is 2. The van der Waals surface area contributed by atoms with Crippen LogP contribution in [0.5, 0.6) is 0 Å². The number of amides is 1. The van der Waals surface area contributed by atoms with E-state index in [0.29, 0.717) is 18.1 Å². The summed E-state index contributed by atoms with van der Waals surface area (Å²) in [6.45, 7) is 2.65. The molecule has 0 atom stereocenters. The highest BCUT2D eigenvalue weighted by Crippen LogP contribution is 2.45. The minimum atomic E-state index is -5.08. The molecule has 3 aliphatic heterocycles. The molecular formula is C25H24F3N3O4S. The minimum Gasteiger partial charge on any atom is -0.475 e. The number of aliphatic imine (C=N–C) groups is 1. The summed E-state index contributed by atoms with van der Waals surface area (Å²) in [5.41, 5.74) is 10.3. The van der Waals surface area contributed by atoms with E-state index < -0.39 is 12.1 Å². The molecule has 0 radical (unpaired) electrons. The third kappa shape index (κ3) is 5.32. The predicted molar refractivity (Wildman–Crippen MR) is 130 cm³/mol. The van der Waals surface area contributed by atoms with Crippen LogP contribution in [0.4, 0.5) is 13.2 Å². The van der Waals surface area contributed by atoms with Gasteiger partial charge in [0.15, 0.2) is 5.17 Å². The van der Waals surface area contributed by atoms with Crippen LogP contribution in [0.3, 0.4) is 0 Å². The molecule has 3 N–H and O–H groups in total. The highest BCUT2D eigenvalue weighted by Gasteiger charge is 2.43. The fourth-order valence-corrected chi connectivity index (χ4v) is 5.54. The highest BCUT2D eigenvalue weighted by molar-refractivity contribution is 8.18. The van der Waals surface area contributed by atoms with Crippen molar-refractivity contribution in [3.63, 3.8) is 0 Å². The minimum absolute atomic E-state index is 0.183. The molecule has 0 bridgehead atoms. The van der Waals surface area contributed by atoms with E-state index in [2.05, 4.69) is 34.2 Å². The number of piperidine rings is 1. The maximum Gasteiger partial charge on any atom is 0.490 e. The van der Waals surface area contributed by atoms with Gasteiger partial charge in [-0.2, -0.15) is 18.2 Å². The van der Waals surface area contributed by atoms with Crippen molar-refractivity contribution in [1.29, 1.82) is 0 Å². The number of ether oxygens (including phenoxy) is 1. The molecule has 5 rings (SSSR count). The average Bonchev–Trinajstić information content (AvgIpc) is 3.42. The monoisotopic (exact) mass is 519 g/mol. The third-order valence-electron chi connectivity index (χ3n) is 6.28. The Morgan fingerprint density at radius 3 is 2.33 bits per heavy atom. The lowest BCUT2D eigenvalue weighted by Crippen LogP contribution is -2.44. The van der Waals surface area contributed by atoms with Crippen LogP contribution in [0.1, 0.15) is 29.5 Å². The zero-order valence-corrected chi connectivity index (χ0v) is 19.9. The molecule has 3 aliphatic rings. The molecule has 2 aromatic rings. The lowest BCUT2D eigenvalue weighted by atomic mass is 9.84. The summed E-state index contributed by atoms with van der Waals surface area (Å²) in [4.78, 5) is 28.8. The molecule has 36 heavy (non-hydrogen) atoms. The number of nitrogens with zero attached hydrogens (tertiary/aromatic N) is 2. The molecule has 0 unspecified atom stereocenters. The maximum atomic E-state index is 12.6. The quantitative estimate of drug-likeness (QED) is 0.575. The van der Waals surface area contributed by atoms with Crippen LogP contribution in [-0.4, -0.2) is 52.9 Å². The number of carboxylic acid groups (broad SMARTS) is 1. The van der Waals surface area contributed by atoms with Gasteiger partial charge < -0.3 is 20.5 Å². The Kier molecular flexibility index (Phi) is 7.53. The molecule has 0 aliphatic carbocycles. The molecule has 1 amide bonds.